The Morgan fingerprint density at radius 1 is 1.33 bits per heavy atom. The quantitative estimate of drug-likeness (QED) is 0.463. The Morgan fingerprint density at radius 3 is 2.67 bits per heavy atom. The maximum absolute atomic E-state index is 2.35. The van der Waals surface area contributed by atoms with E-state index in [-0.39, 0.29) is 0 Å². The third-order valence-corrected chi connectivity index (χ3v) is 2.59. The van der Waals surface area contributed by atoms with Crippen molar-refractivity contribution in [2.75, 3.05) is 0 Å². The van der Waals surface area contributed by atoms with Crippen LogP contribution >= 0.6 is 0 Å². The van der Waals surface area contributed by atoms with Crippen LogP contribution in [0.3, 0.4) is 0 Å². The summed E-state index contributed by atoms with van der Waals surface area (Å²) in [7, 11) is 0. The van der Waals surface area contributed by atoms with Crippen molar-refractivity contribution in [3.05, 3.63) is 11.1 Å². The standard InChI is InChI=1S/C8H16Se/c1-3-5-6-7-8-9-4-2/h7-8H,3-6H2,1-2H3/b8-7-. The SMILES string of the molecule is CCCC/C=C\[Se]CC. The van der Waals surface area contributed by atoms with Crippen molar-refractivity contribution < 1.29 is 0 Å². The molecular weight excluding hydrogens is 175 g/mol. The van der Waals surface area contributed by atoms with Crippen LogP contribution in [0.15, 0.2) is 11.1 Å². The molecule has 9 heavy (non-hydrogen) atoms. The molecular formula is C8H16Se. The molecule has 0 bridgehead atoms. The van der Waals surface area contributed by atoms with Crippen molar-refractivity contribution in [3.63, 3.8) is 0 Å². The molecule has 0 heterocycles. The molecule has 0 aliphatic carbocycles. The van der Waals surface area contributed by atoms with Gasteiger partial charge in [-0.1, -0.05) is 0 Å². The molecule has 0 aromatic carbocycles. The third-order valence-electron chi connectivity index (χ3n) is 1.08. The van der Waals surface area contributed by atoms with Gasteiger partial charge in [-0.15, -0.1) is 0 Å². The van der Waals surface area contributed by atoms with Gasteiger partial charge >= 0.3 is 64.4 Å². The Hall–Kier alpha value is 0.259. The molecule has 0 saturated carbocycles. The first-order valence-electron chi connectivity index (χ1n) is 3.68. The van der Waals surface area contributed by atoms with Gasteiger partial charge in [-0.3, -0.25) is 0 Å². The molecule has 0 amide bonds. The second-order valence-corrected chi connectivity index (χ2v) is 4.45. The summed E-state index contributed by atoms with van der Waals surface area (Å²) in [6.07, 6.45) is 6.30. The van der Waals surface area contributed by atoms with Crippen molar-refractivity contribution in [1.29, 1.82) is 0 Å². The van der Waals surface area contributed by atoms with Gasteiger partial charge in [0.1, 0.15) is 0 Å². The van der Waals surface area contributed by atoms with Crippen LogP contribution < -0.4 is 0 Å². The van der Waals surface area contributed by atoms with E-state index in [1.807, 2.05) is 0 Å². The first-order chi connectivity index (χ1) is 4.41. The summed E-state index contributed by atoms with van der Waals surface area (Å²) in [5, 5.41) is 1.34. The molecule has 0 spiro atoms. The van der Waals surface area contributed by atoms with Gasteiger partial charge in [0, 0.05) is 0 Å². The first kappa shape index (κ1) is 9.26. The van der Waals surface area contributed by atoms with Crippen molar-refractivity contribution in [3.8, 4) is 0 Å². The van der Waals surface area contributed by atoms with Gasteiger partial charge in [-0.2, -0.15) is 0 Å². The van der Waals surface area contributed by atoms with Crippen LogP contribution in [0, 0.1) is 0 Å². The molecule has 0 N–H and O–H groups in total. The first-order valence-corrected chi connectivity index (χ1v) is 5.88. The molecule has 0 aliphatic rings. The number of unbranched alkanes of at least 4 members (excludes halogenated alkanes) is 2. The second kappa shape index (κ2) is 8.26. The Bertz CT molecular complexity index is 67.0. The zero-order chi connectivity index (χ0) is 6.95. The third kappa shape index (κ3) is 8.26. The second-order valence-electron chi connectivity index (χ2n) is 1.97. The van der Waals surface area contributed by atoms with Gasteiger partial charge in [0.25, 0.3) is 0 Å². The summed E-state index contributed by atoms with van der Waals surface area (Å²) in [5.74, 6) is 0. The molecule has 0 saturated heterocycles. The molecule has 0 atom stereocenters. The summed E-state index contributed by atoms with van der Waals surface area (Å²) in [6, 6.07) is 0. The Kier molecular flexibility index (Phi) is 8.50. The Morgan fingerprint density at radius 2 is 2.11 bits per heavy atom. The van der Waals surface area contributed by atoms with E-state index in [4.69, 9.17) is 0 Å². The van der Waals surface area contributed by atoms with Gasteiger partial charge in [-0.25, -0.2) is 0 Å². The fourth-order valence-electron chi connectivity index (χ4n) is 0.554. The number of hydrogen-bond donors (Lipinski definition) is 0. The topological polar surface area (TPSA) is 0 Å². The fraction of sp³-hybridized carbons (Fsp3) is 0.750. The van der Waals surface area contributed by atoms with Crippen molar-refractivity contribution in [1.82, 2.24) is 0 Å². The van der Waals surface area contributed by atoms with E-state index in [0.717, 1.165) is 15.0 Å². The van der Waals surface area contributed by atoms with E-state index in [1.165, 1.54) is 24.6 Å². The van der Waals surface area contributed by atoms with Gasteiger partial charge in [0.15, 0.2) is 0 Å². The molecule has 0 radical (unpaired) electrons. The number of rotatable bonds is 5. The van der Waals surface area contributed by atoms with Crippen LogP contribution in [0.4, 0.5) is 0 Å². The fourth-order valence-corrected chi connectivity index (χ4v) is 1.53. The van der Waals surface area contributed by atoms with E-state index < -0.39 is 0 Å². The van der Waals surface area contributed by atoms with E-state index >= 15 is 0 Å². The minimum absolute atomic E-state index is 0.785. The molecule has 1 heteroatoms. The molecule has 0 aromatic heterocycles. The summed E-state index contributed by atoms with van der Waals surface area (Å²) in [4.78, 5) is 2.35. The van der Waals surface area contributed by atoms with E-state index in [9.17, 15) is 0 Å². The minimum atomic E-state index is 0.785. The molecule has 0 unspecified atom stereocenters. The van der Waals surface area contributed by atoms with Crippen LogP contribution in [-0.4, -0.2) is 15.0 Å². The summed E-state index contributed by atoms with van der Waals surface area (Å²) < 4.78 is 0. The molecule has 0 aromatic rings. The normalized spacial score (nSPS) is 10.9. The molecule has 0 rings (SSSR count). The van der Waals surface area contributed by atoms with Gasteiger partial charge < -0.3 is 0 Å². The average Bonchev–Trinajstić information content (AvgIpc) is 1.89. The summed E-state index contributed by atoms with van der Waals surface area (Å²) in [6.45, 7) is 4.48. The molecule has 0 fully saturated rings. The zero-order valence-electron chi connectivity index (χ0n) is 6.39. The number of hydrogen-bond acceptors (Lipinski definition) is 0. The van der Waals surface area contributed by atoms with E-state index in [1.54, 1.807) is 0 Å². The van der Waals surface area contributed by atoms with Crippen LogP contribution in [-0.2, 0) is 0 Å². The van der Waals surface area contributed by atoms with Crippen molar-refractivity contribution in [2.45, 2.75) is 38.4 Å². The molecule has 0 nitrogen and oxygen atoms in total. The van der Waals surface area contributed by atoms with Gasteiger partial charge in [0.2, 0.25) is 0 Å². The van der Waals surface area contributed by atoms with Crippen LogP contribution in [0.1, 0.15) is 33.1 Å². The zero-order valence-corrected chi connectivity index (χ0v) is 8.10. The predicted octanol–water partition coefficient (Wildman–Crippen LogP) is 2.83. The Labute approximate surface area is 64.9 Å². The van der Waals surface area contributed by atoms with E-state index in [0.29, 0.717) is 0 Å². The monoisotopic (exact) mass is 192 g/mol. The van der Waals surface area contributed by atoms with Crippen LogP contribution in [0.25, 0.3) is 0 Å². The van der Waals surface area contributed by atoms with Crippen molar-refractivity contribution in [2.24, 2.45) is 0 Å². The van der Waals surface area contributed by atoms with Crippen molar-refractivity contribution >= 4 is 15.0 Å². The Balaban J connectivity index is 2.86. The molecule has 54 valence electrons. The molecule has 0 aliphatic heterocycles. The van der Waals surface area contributed by atoms with E-state index in [2.05, 4.69) is 24.9 Å². The predicted molar refractivity (Wildman–Crippen MR) is 44.9 cm³/mol. The van der Waals surface area contributed by atoms with Gasteiger partial charge in [-0.05, 0) is 0 Å². The van der Waals surface area contributed by atoms with Crippen LogP contribution in [0.2, 0.25) is 5.32 Å². The average molecular weight is 191 g/mol. The van der Waals surface area contributed by atoms with Crippen LogP contribution in [0.5, 0.6) is 0 Å². The maximum atomic E-state index is 2.35. The number of allylic oxidation sites excluding steroid dienone is 1. The summed E-state index contributed by atoms with van der Waals surface area (Å²) in [5.41, 5.74) is 0. The van der Waals surface area contributed by atoms with Gasteiger partial charge in [0.05, 0.1) is 0 Å². The summed E-state index contributed by atoms with van der Waals surface area (Å²) >= 11 is 0.785.